The van der Waals surface area contributed by atoms with Gasteiger partial charge in [0.2, 0.25) is 0 Å². The molecular weight excluding hydrogens is 316 g/mol. The monoisotopic (exact) mass is 336 g/mol. The van der Waals surface area contributed by atoms with Crippen molar-refractivity contribution >= 4 is 32.7 Å². The van der Waals surface area contributed by atoms with E-state index in [1.807, 2.05) is 12.1 Å². The maximum Gasteiger partial charge on any atom is 0.145 e. The molecule has 1 aromatic heterocycles. The van der Waals surface area contributed by atoms with Crippen LogP contribution in [0.15, 0.2) is 22.7 Å². The Morgan fingerprint density at radius 2 is 2.10 bits per heavy atom. The van der Waals surface area contributed by atoms with Gasteiger partial charge in [0.25, 0.3) is 0 Å². The number of aromatic nitrogens is 1. The van der Waals surface area contributed by atoms with Gasteiger partial charge in [-0.3, -0.25) is 0 Å². The molecule has 1 N–H and O–H groups in total. The summed E-state index contributed by atoms with van der Waals surface area (Å²) >= 11 is 3.60. The zero-order valence-corrected chi connectivity index (χ0v) is 14.0. The summed E-state index contributed by atoms with van der Waals surface area (Å²) in [4.78, 5) is 4.80. The first-order valence-corrected chi connectivity index (χ1v) is 7.78. The van der Waals surface area contributed by atoms with E-state index in [9.17, 15) is 0 Å². The van der Waals surface area contributed by atoms with Gasteiger partial charge in [0.1, 0.15) is 17.1 Å². The van der Waals surface area contributed by atoms with E-state index >= 15 is 0 Å². The largest absolute Gasteiger partial charge is 0.494 e. The van der Waals surface area contributed by atoms with Gasteiger partial charge in [0, 0.05) is 16.4 Å². The minimum absolute atomic E-state index is 0.421. The summed E-state index contributed by atoms with van der Waals surface area (Å²) < 4.78 is 6.48. The molecule has 20 heavy (non-hydrogen) atoms. The molecule has 0 unspecified atom stereocenters. The summed E-state index contributed by atoms with van der Waals surface area (Å²) in [5.41, 5.74) is 2.13. The van der Waals surface area contributed by atoms with Crippen molar-refractivity contribution in [1.82, 2.24) is 4.98 Å². The normalized spacial score (nSPS) is 11.1. The molecule has 0 spiro atoms. The SMILES string of the molecule is CCCNc1nc2c(OC)ccc(Br)c2cc1C(C)C. The molecule has 0 radical (unpaired) electrons. The quantitative estimate of drug-likeness (QED) is 0.838. The van der Waals surface area contributed by atoms with Gasteiger partial charge in [-0.05, 0) is 36.1 Å². The molecule has 0 saturated carbocycles. The Morgan fingerprint density at radius 1 is 1.35 bits per heavy atom. The van der Waals surface area contributed by atoms with Crippen LogP contribution in [0, 0.1) is 0 Å². The molecule has 108 valence electrons. The Labute approximate surface area is 128 Å². The van der Waals surface area contributed by atoms with E-state index in [-0.39, 0.29) is 0 Å². The topological polar surface area (TPSA) is 34.2 Å². The summed E-state index contributed by atoms with van der Waals surface area (Å²) in [5.74, 6) is 2.19. The van der Waals surface area contributed by atoms with Crippen LogP contribution in [-0.4, -0.2) is 18.6 Å². The van der Waals surface area contributed by atoms with Gasteiger partial charge >= 0.3 is 0 Å². The lowest BCUT2D eigenvalue weighted by atomic mass is 10.0. The van der Waals surface area contributed by atoms with Crippen molar-refractivity contribution in [3.63, 3.8) is 0 Å². The van der Waals surface area contributed by atoms with Crippen LogP contribution in [0.25, 0.3) is 10.9 Å². The first-order valence-electron chi connectivity index (χ1n) is 6.99. The highest BCUT2D eigenvalue weighted by atomic mass is 79.9. The van der Waals surface area contributed by atoms with E-state index in [1.54, 1.807) is 7.11 Å². The number of anilines is 1. The third-order valence-corrected chi connectivity index (χ3v) is 4.00. The number of ether oxygens (including phenoxy) is 1. The Hall–Kier alpha value is -1.29. The predicted octanol–water partition coefficient (Wildman–Crippen LogP) is 4.95. The van der Waals surface area contributed by atoms with Crippen molar-refractivity contribution in [3.8, 4) is 5.75 Å². The number of methoxy groups -OCH3 is 1. The zero-order valence-electron chi connectivity index (χ0n) is 12.5. The van der Waals surface area contributed by atoms with Crippen molar-refractivity contribution in [3.05, 3.63) is 28.2 Å². The molecule has 0 amide bonds. The smallest absolute Gasteiger partial charge is 0.145 e. The number of nitrogens with one attached hydrogen (secondary N) is 1. The van der Waals surface area contributed by atoms with E-state index in [4.69, 9.17) is 9.72 Å². The van der Waals surface area contributed by atoms with Crippen LogP contribution >= 0.6 is 15.9 Å². The molecule has 0 saturated heterocycles. The highest BCUT2D eigenvalue weighted by molar-refractivity contribution is 9.10. The third kappa shape index (κ3) is 2.90. The molecular formula is C16H21BrN2O. The maximum atomic E-state index is 5.43. The molecule has 0 fully saturated rings. The molecule has 0 aliphatic heterocycles. The van der Waals surface area contributed by atoms with Crippen molar-refractivity contribution < 1.29 is 4.74 Å². The number of hydrogen-bond donors (Lipinski definition) is 1. The molecule has 0 bridgehead atoms. The van der Waals surface area contributed by atoms with Crippen molar-refractivity contribution in [2.75, 3.05) is 19.0 Å². The molecule has 4 heteroatoms. The fraction of sp³-hybridized carbons (Fsp3) is 0.438. The minimum atomic E-state index is 0.421. The van der Waals surface area contributed by atoms with Crippen molar-refractivity contribution in [2.24, 2.45) is 0 Å². The molecule has 3 nitrogen and oxygen atoms in total. The second-order valence-corrected chi connectivity index (χ2v) is 6.01. The highest BCUT2D eigenvalue weighted by Crippen LogP contribution is 2.35. The number of pyridine rings is 1. The van der Waals surface area contributed by atoms with Crippen LogP contribution in [0.3, 0.4) is 0 Å². The average Bonchev–Trinajstić information content (AvgIpc) is 2.44. The molecule has 0 aliphatic rings. The van der Waals surface area contributed by atoms with Gasteiger partial charge in [0.15, 0.2) is 0 Å². The van der Waals surface area contributed by atoms with Crippen molar-refractivity contribution in [2.45, 2.75) is 33.1 Å². The van der Waals surface area contributed by atoms with E-state index in [0.717, 1.165) is 39.9 Å². The molecule has 0 atom stereocenters. The third-order valence-electron chi connectivity index (χ3n) is 3.31. The number of nitrogens with zero attached hydrogens (tertiary/aromatic N) is 1. The second kappa shape index (κ2) is 6.44. The first kappa shape index (κ1) is 15.1. The highest BCUT2D eigenvalue weighted by Gasteiger charge is 2.14. The standard InChI is InChI=1S/C16H21BrN2O/c1-5-8-18-16-11(10(2)3)9-12-13(17)6-7-14(20-4)15(12)19-16/h6-7,9-10H,5,8H2,1-4H3,(H,18,19). The van der Waals surface area contributed by atoms with Gasteiger partial charge in [-0.25, -0.2) is 4.98 Å². The van der Waals surface area contributed by atoms with Gasteiger partial charge in [-0.1, -0.05) is 36.7 Å². The van der Waals surface area contributed by atoms with Crippen LogP contribution in [0.1, 0.15) is 38.7 Å². The minimum Gasteiger partial charge on any atom is -0.494 e. The summed E-state index contributed by atoms with van der Waals surface area (Å²) in [6.07, 6.45) is 1.08. The predicted molar refractivity (Wildman–Crippen MR) is 88.9 cm³/mol. The number of rotatable bonds is 5. The Kier molecular flexibility index (Phi) is 4.86. The molecule has 0 aliphatic carbocycles. The molecule has 1 heterocycles. The van der Waals surface area contributed by atoms with Gasteiger partial charge in [-0.2, -0.15) is 0 Å². The summed E-state index contributed by atoms with van der Waals surface area (Å²) in [6.45, 7) is 7.46. The van der Waals surface area contributed by atoms with Crippen molar-refractivity contribution in [1.29, 1.82) is 0 Å². The van der Waals surface area contributed by atoms with Crippen LogP contribution in [-0.2, 0) is 0 Å². The van der Waals surface area contributed by atoms with Crippen LogP contribution in [0.4, 0.5) is 5.82 Å². The Bertz CT molecular complexity index is 611. The van der Waals surface area contributed by atoms with E-state index in [0.29, 0.717) is 5.92 Å². The van der Waals surface area contributed by atoms with Crippen LogP contribution in [0.5, 0.6) is 5.75 Å². The second-order valence-electron chi connectivity index (χ2n) is 5.15. The van der Waals surface area contributed by atoms with Crippen LogP contribution < -0.4 is 10.1 Å². The van der Waals surface area contributed by atoms with Gasteiger partial charge < -0.3 is 10.1 Å². The fourth-order valence-electron chi connectivity index (χ4n) is 2.21. The maximum absolute atomic E-state index is 5.43. The van der Waals surface area contributed by atoms with Gasteiger partial charge in [0.05, 0.1) is 7.11 Å². The van der Waals surface area contributed by atoms with Crippen LogP contribution in [0.2, 0.25) is 0 Å². The Morgan fingerprint density at radius 3 is 2.70 bits per heavy atom. The average molecular weight is 337 g/mol. The summed E-state index contributed by atoms with van der Waals surface area (Å²) in [6, 6.07) is 6.15. The lowest BCUT2D eigenvalue weighted by molar-refractivity contribution is 0.419. The number of fused-ring (bicyclic) bond motifs is 1. The Balaban J connectivity index is 2.67. The lowest BCUT2D eigenvalue weighted by Gasteiger charge is -2.16. The van der Waals surface area contributed by atoms with E-state index in [2.05, 4.69) is 48.1 Å². The van der Waals surface area contributed by atoms with Gasteiger partial charge in [-0.15, -0.1) is 0 Å². The summed E-state index contributed by atoms with van der Waals surface area (Å²) in [7, 11) is 1.68. The lowest BCUT2D eigenvalue weighted by Crippen LogP contribution is -2.07. The molecule has 1 aromatic carbocycles. The zero-order chi connectivity index (χ0) is 14.7. The molecule has 2 rings (SSSR count). The summed E-state index contributed by atoms with van der Waals surface area (Å²) in [5, 5.41) is 4.52. The number of benzene rings is 1. The number of hydrogen-bond acceptors (Lipinski definition) is 3. The van der Waals surface area contributed by atoms with E-state index < -0.39 is 0 Å². The molecule has 2 aromatic rings. The van der Waals surface area contributed by atoms with E-state index in [1.165, 1.54) is 5.56 Å². The first-order chi connectivity index (χ1) is 9.58. The number of halogens is 1. The fourth-order valence-corrected chi connectivity index (χ4v) is 2.64.